The summed E-state index contributed by atoms with van der Waals surface area (Å²) in [6.07, 6.45) is 0. The highest BCUT2D eigenvalue weighted by Crippen LogP contribution is 2.17. The molecule has 1 aliphatic rings. The van der Waals surface area contributed by atoms with Gasteiger partial charge in [-0.3, -0.25) is 4.79 Å². The topological polar surface area (TPSA) is 57.7 Å². The van der Waals surface area contributed by atoms with E-state index in [1.165, 1.54) is 8.61 Å². The van der Waals surface area contributed by atoms with Crippen LogP contribution in [0.4, 0.5) is 0 Å². The Balaban J connectivity index is 2.10. The molecule has 0 amide bonds. The van der Waals surface area contributed by atoms with Crippen molar-refractivity contribution in [2.75, 3.05) is 26.2 Å². The quantitative estimate of drug-likeness (QED) is 0.573. The first-order chi connectivity index (χ1) is 8.95. The third kappa shape index (κ3) is 3.15. The number of likely N-dealkylation sites (N-methyl/N-ethyl adjacent to an activating group) is 1. The highest BCUT2D eigenvalue weighted by molar-refractivity contribution is 14.1. The maximum atomic E-state index is 12.1. The maximum absolute atomic E-state index is 12.1. The molecule has 0 saturated carbocycles. The lowest BCUT2D eigenvalue weighted by Crippen LogP contribution is -2.36. The van der Waals surface area contributed by atoms with E-state index in [2.05, 4.69) is 22.6 Å². The lowest BCUT2D eigenvalue weighted by Gasteiger charge is -2.16. The van der Waals surface area contributed by atoms with Crippen LogP contribution in [-0.2, 0) is 10.2 Å². The number of hydrogen-bond acceptors (Lipinski definition) is 3. The van der Waals surface area contributed by atoms with Gasteiger partial charge < -0.3 is 0 Å². The molecule has 0 bridgehead atoms. The number of rotatable bonds is 4. The molecule has 0 unspecified atom stereocenters. The molecule has 0 atom stereocenters. The van der Waals surface area contributed by atoms with Crippen molar-refractivity contribution in [2.45, 2.75) is 6.92 Å². The van der Waals surface area contributed by atoms with Crippen molar-refractivity contribution in [3.8, 4) is 0 Å². The number of ketones is 1. The van der Waals surface area contributed by atoms with E-state index in [0.29, 0.717) is 25.2 Å². The lowest BCUT2D eigenvalue weighted by molar-refractivity contribution is 0.0969. The van der Waals surface area contributed by atoms with Crippen molar-refractivity contribution in [3.63, 3.8) is 0 Å². The number of carbonyl (C=O) groups is 1. The van der Waals surface area contributed by atoms with Gasteiger partial charge in [0.15, 0.2) is 5.78 Å². The summed E-state index contributed by atoms with van der Waals surface area (Å²) in [6.45, 7) is 2.99. The molecule has 1 fully saturated rings. The minimum Gasteiger partial charge on any atom is -0.293 e. The smallest absolute Gasteiger partial charge is 0.282 e. The molecule has 0 spiro atoms. The predicted octanol–water partition coefficient (Wildman–Crippen LogP) is 1.36. The molecule has 19 heavy (non-hydrogen) atoms. The van der Waals surface area contributed by atoms with Gasteiger partial charge in [-0.05, 0) is 34.7 Å². The normalized spacial score (nSPS) is 19.7. The largest absolute Gasteiger partial charge is 0.293 e. The van der Waals surface area contributed by atoms with Crippen molar-refractivity contribution < 1.29 is 13.2 Å². The van der Waals surface area contributed by atoms with Gasteiger partial charge in [0.05, 0.1) is 6.54 Å². The first-order valence-corrected chi connectivity index (χ1v) is 8.46. The van der Waals surface area contributed by atoms with E-state index in [9.17, 15) is 13.2 Å². The zero-order chi connectivity index (χ0) is 14.0. The zero-order valence-electron chi connectivity index (χ0n) is 10.5. The third-order valence-electron chi connectivity index (χ3n) is 3.09. The van der Waals surface area contributed by atoms with Crippen LogP contribution < -0.4 is 0 Å². The number of benzene rings is 1. The molecule has 2 rings (SSSR count). The molecule has 7 heteroatoms. The molecule has 1 aromatic rings. The molecule has 0 aliphatic carbocycles. The van der Waals surface area contributed by atoms with Crippen molar-refractivity contribution >= 4 is 38.6 Å². The number of Topliss-reactive ketones (excluding diaryl/α,β-unsaturated/α-hetero) is 1. The van der Waals surface area contributed by atoms with Crippen LogP contribution in [-0.4, -0.2) is 49.0 Å². The van der Waals surface area contributed by atoms with Gasteiger partial charge in [-0.15, -0.1) is 0 Å². The van der Waals surface area contributed by atoms with Gasteiger partial charge in [-0.1, -0.05) is 19.1 Å². The molecule has 1 aliphatic heterocycles. The molecule has 1 saturated heterocycles. The Bertz CT molecular complexity index is 571. The van der Waals surface area contributed by atoms with E-state index in [1.54, 1.807) is 19.1 Å². The summed E-state index contributed by atoms with van der Waals surface area (Å²) in [5.41, 5.74) is 0.547. The zero-order valence-corrected chi connectivity index (χ0v) is 13.5. The molecular weight excluding hydrogens is 379 g/mol. The lowest BCUT2D eigenvalue weighted by atomic mass is 10.1. The second kappa shape index (κ2) is 5.86. The Kier molecular flexibility index (Phi) is 4.59. The fraction of sp³-hybridized carbons (Fsp3) is 0.417. The summed E-state index contributed by atoms with van der Waals surface area (Å²) in [5, 5.41) is 0. The monoisotopic (exact) mass is 394 g/mol. The van der Waals surface area contributed by atoms with E-state index in [1.807, 2.05) is 12.1 Å². The minimum atomic E-state index is -3.44. The van der Waals surface area contributed by atoms with Gasteiger partial charge in [0.1, 0.15) is 0 Å². The summed E-state index contributed by atoms with van der Waals surface area (Å²) >= 11 is 2.16. The minimum absolute atomic E-state index is 0.0839. The molecule has 104 valence electrons. The number of carbonyl (C=O) groups excluding carboxylic acids is 1. The summed E-state index contributed by atoms with van der Waals surface area (Å²) in [4.78, 5) is 12.1. The average molecular weight is 394 g/mol. The average Bonchev–Trinajstić information content (AvgIpc) is 2.65. The van der Waals surface area contributed by atoms with Gasteiger partial charge in [-0.2, -0.15) is 17.0 Å². The van der Waals surface area contributed by atoms with Crippen LogP contribution in [0.1, 0.15) is 17.3 Å². The Morgan fingerprint density at radius 1 is 1.21 bits per heavy atom. The van der Waals surface area contributed by atoms with Crippen LogP contribution in [0, 0.1) is 3.57 Å². The van der Waals surface area contributed by atoms with Crippen LogP contribution in [0.5, 0.6) is 0 Å². The van der Waals surface area contributed by atoms with Crippen molar-refractivity contribution in [3.05, 3.63) is 33.4 Å². The Labute approximate surface area is 126 Å². The van der Waals surface area contributed by atoms with Crippen LogP contribution in [0.2, 0.25) is 0 Å². The molecule has 0 radical (unpaired) electrons. The van der Waals surface area contributed by atoms with Gasteiger partial charge in [0.2, 0.25) is 0 Å². The number of halogens is 1. The van der Waals surface area contributed by atoms with Gasteiger partial charge in [0.25, 0.3) is 10.2 Å². The van der Waals surface area contributed by atoms with E-state index in [0.717, 1.165) is 3.57 Å². The molecule has 0 N–H and O–H groups in total. The van der Waals surface area contributed by atoms with Gasteiger partial charge in [-0.25, -0.2) is 0 Å². The first-order valence-electron chi connectivity index (χ1n) is 5.99. The van der Waals surface area contributed by atoms with Crippen molar-refractivity contribution in [2.24, 2.45) is 0 Å². The second-order valence-electron chi connectivity index (χ2n) is 4.26. The molecule has 5 nitrogen and oxygen atoms in total. The van der Waals surface area contributed by atoms with E-state index >= 15 is 0 Å². The number of nitrogens with zero attached hydrogens (tertiary/aromatic N) is 2. The summed E-state index contributed by atoms with van der Waals surface area (Å²) in [6, 6.07) is 7.13. The number of hydrogen-bond donors (Lipinski definition) is 0. The standard InChI is InChI=1S/C12H15IN2O3S/c1-2-14-7-8-15(19(14,17)18)9-12(16)10-3-5-11(13)6-4-10/h3-6H,2,7-9H2,1H3. The summed E-state index contributed by atoms with van der Waals surface area (Å²) in [7, 11) is -3.44. The molecule has 1 heterocycles. The SMILES string of the molecule is CCN1CCN(CC(=O)c2ccc(I)cc2)S1(=O)=O. The van der Waals surface area contributed by atoms with Gasteiger partial charge >= 0.3 is 0 Å². The molecular formula is C12H15IN2O3S. The summed E-state index contributed by atoms with van der Waals surface area (Å²) in [5.74, 6) is -0.169. The van der Waals surface area contributed by atoms with Gasteiger partial charge in [0, 0.05) is 28.8 Å². The fourth-order valence-electron chi connectivity index (χ4n) is 1.99. The van der Waals surface area contributed by atoms with Crippen molar-refractivity contribution in [1.82, 2.24) is 8.61 Å². The van der Waals surface area contributed by atoms with Crippen LogP contribution in [0.25, 0.3) is 0 Å². The first kappa shape index (κ1) is 14.9. The van der Waals surface area contributed by atoms with E-state index in [-0.39, 0.29) is 12.3 Å². The second-order valence-corrected chi connectivity index (χ2v) is 7.44. The molecule has 1 aromatic carbocycles. The highest BCUT2D eigenvalue weighted by atomic mass is 127. The Morgan fingerprint density at radius 3 is 2.32 bits per heavy atom. The van der Waals surface area contributed by atoms with Crippen molar-refractivity contribution in [1.29, 1.82) is 0 Å². The van der Waals surface area contributed by atoms with E-state index in [4.69, 9.17) is 0 Å². The fourth-order valence-corrected chi connectivity index (χ4v) is 3.90. The van der Waals surface area contributed by atoms with Crippen LogP contribution >= 0.6 is 22.6 Å². The summed E-state index contributed by atoms with van der Waals surface area (Å²) < 4.78 is 27.8. The van der Waals surface area contributed by atoms with Crippen LogP contribution in [0.3, 0.4) is 0 Å². The predicted molar refractivity (Wildman–Crippen MR) is 81.2 cm³/mol. The molecule has 0 aromatic heterocycles. The third-order valence-corrected chi connectivity index (χ3v) is 5.87. The van der Waals surface area contributed by atoms with E-state index < -0.39 is 10.2 Å². The Morgan fingerprint density at radius 2 is 1.79 bits per heavy atom. The van der Waals surface area contributed by atoms with Crippen LogP contribution in [0.15, 0.2) is 24.3 Å². The Hall–Kier alpha value is -0.510. The maximum Gasteiger partial charge on any atom is 0.282 e. The highest BCUT2D eigenvalue weighted by Gasteiger charge is 2.36.